The van der Waals surface area contributed by atoms with Crippen LogP contribution in [0, 0.1) is 0 Å². The van der Waals surface area contributed by atoms with Gasteiger partial charge < -0.3 is 34.7 Å². The highest BCUT2D eigenvalue weighted by Crippen LogP contribution is 2.45. The van der Waals surface area contributed by atoms with Crippen molar-refractivity contribution < 1.29 is 39.5 Å². The topological polar surface area (TPSA) is 158 Å². The van der Waals surface area contributed by atoms with Crippen LogP contribution in [0.15, 0.2) is 62.2 Å². The number of phenolic OH excluding ortho intramolecular Hbond substituents is 4. The fourth-order valence-electron chi connectivity index (χ4n) is 3.90. The first-order valence-corrected chi connectivity index (χ1v) is 11.0. The fourth-order valence-corrected chi connectivity index (χ4v) is 4.32. The Morgan fingerprint density at radius 2 is 1.71 bits per heavy atom. The molecule has 0 unspecified atom stereocenters. The number of methoxy groups -OCH3 is 1. The highest BCUT2D eigenvalue weighted by molar-refractivity contribution is 9.10. The Morgan fingerprint density at radius 1 is 0.971 bits per heavy atom. The van der Waals surface area contributed by atoms with E-state index in [0.29, 0.717) is 10.0 Å². The van der Waals surface area contributed by atoms with E-state index in [-0.39, 0.29) is 28.9 Å². The summed E-state index contributed by atoms with van der Waals surface area (Å²) in [5.74, 6) is -4.79. The second kappa shape index (κ2) is 9.22. The fraction of sp³-hybridized carbons (Fsp3) is 0.120. The van der Waals surface area contributed by atoms with Crippen molar-refractivity contribution in [1.29, 1.82) is 0 Å². The van der Waals surface area contributed by atoms with E-state index in [1.54, 1.807) is 24.3 Å². The molecule has 4 rings (SSSR count). The maximum atomic E-state index is 13.1. The molecule has 3 aromatic carbocycles. The van der Waals surface area contributed by atoms with E-state index >= 15 is 0 Å². The third-order valence-electron chi connectivity index (χ3n) is 5.57. The third-order valence-corrected chi connectivity index (χ3v) is 6.07. The molecular formula is C25H19BrO9. The first-order valence-electron chi connectivity index (χ1n) is 10.2. The van der Waals surface area contributed by atoms with Gasteiger partial charge in [-0.15, -0.1) is 0 Å². The molecule has 180 valence electrons. The van der Waals surface area contributed by atoms with Crippen LogP contribution < -0.4 is 5.43 Å². The Balaban J connectivity index is 2.09. The summed E-state index contributed by atoms with van der Waals surface area (Å²) in [6.07, 6.45) is -0.250. The first-order chi connectivity index (χ1) is 16.6. The summed E-state index contributed by atoms with van der Waals surface area (Å²) in [4.78, 5) is 25.4. The van der Waals surface area contributed by atoms with Crippen LogP contribution in [0.1, 0.15) is 23.5 Å². The molecule has 0 saturated heterocycles. The number of rotatable bonds is 5. The number of hydrogen-bond donors (Lipinski definition) is 5. The van der Waals surface area contributed by atoms with Crippen LogP contribution >= 0.6 is 15.9 Å². The number of halogens is 1. The minimum atomic E-state index is -1.00. The van der Waals surface area contributed by atoms with E-state index in [9.17, 15) is 35.1 Å². The van der Waals surface area contributed by atoms with E-state index in [0.717, 1.165) is 18.2 Å². The molecule has 0 amide bonds. The molecular weight excluding hydrogens is 524 g/mol. The molecule has 10 heteroatoms. The van der Waals surface area contributed by atoms with Crippen molar-refractivity contribution in [1.82, 2.24) is 0 Å². The van der Waals surface area contributed by atoms with Gasteiger partial charge in [-0.3, -0.25) is 9.59 Å². The highest BCUT2D eigenvalue weighted by Gasteiger charge is 2.30. The Labute approximate surface area is 206 Å². The SMILES string of the molecule is COC(=O)C[C@H](c1cccc(Br)c1)c1c(O)cc(O)c2c(=O)c(O)c(-c3ccc(O)c(O)c3)oc12. The van der Waals surface area contributed by atoms with E-state index in [1.165, 1.54) is 13.2 Å². The van der Waals surface area contributed by atoms with E-state index in [1.807, 2.05) is 0 Å². The van der Waals surface area contributed by atoms with Gasteiger partial charge >= 0.3 is 5.97 Å². The lowest BCUT2D eigenvalue weighted by Gasteiger charge is -2.20. The van der Waals surface area contributed by atoms with Gasteiger partial charge in [-0.2, -0.15) is 0 Å². The standard InChI is InChI=1S/C25H19BrO9/c1-34-19(31)9-14(11-3-2-4-13(26)7-11)20-17(29)10-18(30)21-22(32)23(33)24(35-25(20)21)12-5-6-15(27)16(28)8-12/h2-8,10,14,27-30,33H,9H2,1H3/t14-/m1/s1. The smallest absolute Gasteiger partial charge is 0.306 e. The summed E-state index contributed by atoms with van der Waals surface area (Å²) >= 11 is 3.37. The summed E-state index contributed by atoms with van der Waals surface area (Å²) in [6.45, 7) is 0. The number of phenols is 4. The zero-order valence-corrected chi connectivity index (χ0v) is 19.7. The molecule has 5 N–H and O–H groups in total. The number of carbonyl (C=O) groups excluding carboxylic acids is 1. The average molecular weight is 543 g/mol. The van der Waals surface area contributed by atoms with Crippen molar-refractivity contribution in [2.75, 3.05) is 7.11 Å². The first kappa shape index (κ1) is 24.0. The number of esters is 1. The second-order valence-electron chi connectivity index (χ2n) is 7.73. The lowest BCUT2D eigenvalue weighted by atomic mass is 9.86. The Morgan fingerprint density at radius 3 is 2.37 bits per heavy atom. The molecule has 9 nitrogen and oxygen atoms in total. The van der Waals surface area contributed by atoms with Gasteiger partial charge in [0, 0.05) is 27.6 Å². The van der Waals surface area contributed by atoms with Crippen LogP contribution in [0.4, 0.5) is 0 Å². The van der Waals surface area contributed by atoms with Crippen LogP contribution in [0.25, 0.3) is 22.3 Å². The summed E-state index contributed by atoms with van der Waals surface area (Å²) in [6, 6.07) is 11.3. The maximum absolute atomic E-state index is 13.1. The van der Waals surface area contributed by atoms with Gasteiger partial charge in [-0.1, -0.05) is 28.1 Å². The number of hydrogen-bond acceptors (Lipinski definition) is 9. The van der Waals surface area contributed by atoms with Gasteiger partial charge in [0.15, 0.2) is 17.3 Å². The van der Waals surface area contributed by atoms with Gasteiger partial charge in [0.25, 0.3) is 0 Å². The normalized spacial score (nSPS) is 11.9. The predicted molar refractivity (Wildman–Crippen MR) is 129 cm³/mol. The molecule has 0 bridgehead atoms. The Hall–Kier alpha value is -4.18. The average Bonchev–Trinajstić information content (AvgIpc) is 2.81. The van der Waals surface area contributed by atoms with Crippen LogP contribution in [-0.4, -0.2) is 38.6 Å². The van der Waals surface area contributed by atoms with E-state index in [4.69, 9.17) is 9.15 Å². The van der Waals surface area contributed by atoms with Crippen molar-refractivity contribution in [3.8, 4) is 40.1 Å². The minimum absolute atomic E-state index is 0.00245. The van der Waals surface area contributed by atoms with Crippen LogP contribution in [0.5, 0.6) is 28.7 Å². The number of aromatic hydroxyl groups is 5. The van der Waals surface area contributed by atoms with Crippen LogP contribution in [0.3, 0.4) is 0 Å². The quantitative estimate of drug-likeness (QED) is 0.181. The summed E-state index contributed by atoms with van der Waals surface area (Å²) < 4.78 is 11.4. The molecule has 4 aromatic rings. The van der Waals surface area contributed by atoms with Gasteiger partial charge in [0.05, 0.1) is 13.5 Å². The van der Waals surface area contributed by atoms with Gasteiger partial charge in [-0.05, 0) is 35.9 Å². The monoisotopic (exact) mass is 542 g/mol. The third kappa shape index (κ3) is 4.35. The van der Waals surface area contributed by atoms with Gasteiger partial charge in [0.1, 0.15) is 22.5 Å². The molecule has 0 aliphatic carbocycles. The molecule has 0 spiro atoms. The number of ether oxygens (including phenoxy) is 1. The highest BCUT2D eigenvalue weighted by atomic mass is 79.9. The van der Waals surface area contributed by atoms with Crippen molar-refractivity contribution in [2.45, 2.75) is 12.3 Å². The molecule has 0 aliphatic rings. The second-order valence-corrected chi connectivity index (χ2v) is 8.65. The van der Waals surface area contributed by atoms with E-state index in [2.05, 4.69) is 15.9 Å². The Kier molecular flexibility index (Phi) is 6.31. The molecule has 1 aromatic heterocycles. The molecule has 35 heavy (non-hydrogen) atoms. The van der Waals surface area contributed by atoms with Crippen LogP contribution in [-0.2, 0) is 9.53 Å². The molecule has 1 atom stereocenters. The maximum Gasteiger partial charge on any atom is 0.306 e. The lowest BCUT2D eigenvalue weighted by Crippen LogP contribution is -2.12. The number of carbonyl (C=O) groups is 1. The molecule has 0 saturated carbocycles. The largest absolute Gasteiger partial charge is 0.507 e. The van der Waals surface area contributed by atoms with Crippen molar-refractivity contribution in [3.05, 3.63) is 74.4 Å². The van der Waals surface area contributed by atoms with Crippen molar-refractivity contribution in [3.63, 3.8) is 0 Å². The van der Waals surface area contributed by atoms with Crippen molar-refractivity contribution >= 4 is 32.9 Å². The van der Waals surface area contributed by atoms with Gasteiger partial charge in [0.2, 0.25) is 11.2 Å². The zero-order valence-electron chi connectivity index (χ0n) is 18.2. The van der Waals surface area contributed by atoms with Gasteiger partial charge in [-0.25, -0.2) is 0 Å². The predicted octanol–water partition coefficient (Wildman–Crippen LogP) is 4.45. The number of benzene rings is 3. The minimum Gasteiger partial charge on any atom is -0.507 e. The van der Waals surface area contributed by atoms with E-state index < -0.39 is 51.4 Å². The lowest BCUT2D eigenvalue weighted by molar-refractivity contribution is -0.140. The summed E-state index contributed by atoms with van der Waals surface area (Å²) in [5, 5.41) is 50.9. The summed E-state index contributed by atoms with van der Waals surface area (Å²) in [5.41, 5.74) is -0.674. The number of fused-ring (bicyclic) bond motifs is 1. The van der Waals surface area contributed by atoms with Crippen molar-refractivity contribution in [2.24, 2.45) is 0 Å². The summed E-state index contributed by atoms with van der Waals surface area (Å²) in [7, 11) is 1.21. The molecule has 0 aliphatic heterocycles. The molecule has 1 heterocycles. The van der Waals surface area contributed by atoms with Crippen LogP contribution in [0.2, 0.25) is 0 Å². The molecule has 0 radical (unpaired) electrons. The molecule has 0 fully saturated rings. The zero-order chi connectivity index (χ0) is 25.4. The Bertz CT molecular complexity index is 1520.